The molecule has 0 aromatic carbocycles. The number of hydrogen-bond acceptors (Lipinski definition) is 7. The molecule has 0 aliphatic heterocycles. The van der Waals surface area contributed by atoms with Gasteiger partial charge in [0, 0.05) is 11.1 Å². The molecule has 0 saturated carbocycles. The van der Waals surface area contributed by atoms with Crippen LogP contribution in [-0.2, 0) is 0 Å². The first-order valence-electron chi connectivity index (χ1n) is 4.16. The predicted molar refractivity (Wildman–Crippen MR) is 60.8 cm³/mol. The van der Waals surface area contributed by atoms with Crippen molar-refractivity contribution in [1.82, 2.24) is 15.0 Å². The minimum Gasteiger partial charge on any atom is -0.307 e. The van der Waals surface area contributed by atoms with Gasteiger partial charge in [-0.3, -0.25) is 4.98 Å². The molecule has 7 heteroatoms. The summed E-state index contributed by atoms with van der Waals surface area (Å²) in [4.78, 5) is 12.6. The molecule has 0 aliphatic rings. The van der Waals surface area contributed by atoms with Crippen molar-refractivity contribution in [2.24, 2.45) is 5.84 Å². The van der Waals surface area contributed by atoms with Crippen LogP contribution in [0.15, 0.2) is 27.1 Å². The first-order chi connectivity index (χ1) is 7.28. The van der Waals surface area contributed by atoms with Crippen molar-refractivity contribution in [2.75, 3.05) is 5.43 Å². The molecule has 78 valence electrons. The van der Waals surface area contributed by atoms with E-state index in [4.69, 9.17) is 5.84 Å². The number of thiazole rings is 1. The highest BCUT2D eigenvalue weighted by Gasteiger charge is 2.04. The molecule has 15 heavy (non-hydrogen) atoms. The number of rotatable bonds is 3. The molecule has 5 nitrogen and oxygen atoms in total. The van der Waals surface area contributed by atoms with Crippen molar-refractivity contribution < 1.29 is 0 Å². The fraction of sp³-hybridized carbons (Fsp3) is 0.125. The van der Waals surface area contributed by atoms with Crippen LogP contribution < -0.4 is 11.3 Å². The number of hydrazine groups is 1. The minimum absolute atomic E-state index is 0.549. The zero-order valence-electron chi connectivity index (χ0n) is 7.97. The Labute approximate surface area is 95.1 Å². The average Bonchev–Trinajstić information content (AvgIpc) is 2.64. The number of nitrogens with zero attached hydrogens (tertiary/aromatic N) is 3. The number of anilines is 1. The fourth-order valence-electron chi connectivity index (χ4n) is 0.936. The molecule has 0 amide bonds. The van der Waals surface area contributed by atoms with Crippen molar-refractivity contribution in [2.45, 2.75) is 16.3 Å². The van der Waals surface area contributed by atoms with E-state index in [1.807, 2.05) is 12.3 Å². The molecule has 2 rings (SSSR count). The maximum absolute atomic E-state index is 5.24. The van der Waals surface area contributed by atoms with Crippen molar-refractivity contribution >= 4 is 28.9 Å². The Morgan fingerprint density at radius 3 is 2.93 bits per heavy atom. The van der Waals surface area contributed by atoms with Crippen LogP contribution in [0.25, 0.3) is 0 Å². The zero-order valence-corrected chi connectivity index (χ0v) is 9.60. The zero-order chi connectivity index (χ0) is 10.7. The van der Waals surface area contributed by atoms with E-state index in [0.29, 0.717) is 5.82 Å². The van der Waals surface area contributed by atoms with Crippen LogP contribution in [0.5, 0.6) is 0 Å². The summed E-state index contributed by atoms with van der Waals surface area (Å²) >= 11 is 3.07. The highest BCUT2D eigenvalue weighted by molar-refractivity contribution is 8.00. The predicted octanol–water partition coefficient (Wildman–Crippen LogP) is 1.68. The van der Waals surface area contributed by atoms with Gasteiger partial charge in [0.15, 0.2) is 10.2 Å². The third kappa shape index (κ3) is 2.65. The van der Waals surface area contributed by atoms with Crippen LogP contribution in [0.1, 0.15) is 5.69 Å². The van der Waals surface area contributed by atoms with Crippen molar-refractivity contribution in [3.05, 3.63) is 23.5 Å². The van der Waals surface area contributed by atoms with E-state index >= 15 is 0 Å². The van der Waals surface area contributed by atoms with Crippen LogP contribution >= 0.6 is 23.1 Å². The number of aromatic nitrogens is 3. The molecule has 0 bridgehead atoms. The normalized spacial score (nSPS) is 10.3. The lowest BCUT2D eigenvalue weighted by Gasteiger charge is -1.99. The van der Waals surface area contributed by atoms with E-state index in [1.165, 1.54) is 11.8 Å². The van der Waals surface area contributed by atoms with Gasteiger partial charge in [0.25, 0.3) is 0 Å². The third-order valence-electron chi connectivity index (χ3n) is 1.55. The number of nitrogen functional groups attached to an aromatic ring is 1. The minimum atomic E-state index is 0.549. The van der Waals surface area contributed by atoms with Gasteiger partial charge >= 0.3 is 0 Å². The summed E-state index contributed by atoms with van der Waals surface area (Å²) in [7, 11) is 0. The van der Waals surface area contributed by atoms with Gasteiger partial charge in [-0.1, -0.05) is 0 Å². The molecule has 0 aliphatic carbocycles. The number of nitrogens with two attached hydrogens (primary N) is 1. The Kier molecular flexibility index (Phi) is 3.14. The highest BCUT2D eigenvalue weighted by Crippen LogP contribution is 2.28. The Hall–Kier alpha value is -1.18. The molecule has 0 saturated heterocycles. The standard InChI is InChI=1S/C8H9N5S2/c1-5-4-14-8(11-5)15-7-3-10-2-6(12-7)13-9/h2-4H,9H2,1H3,(H,12,13). The summed E-state index contributed by atoms with van der Waals surface area (Å²) in [6.45, 7) is 1.96. The van der Waals surface area contributed by atoms with E-state index in [9.17, 15) is 0 Å². The quantitative estimate of drug-likeness (QED) is 0.627. The van der Waals surface area contributed by atoms with E-state index in [1.54, 1.807) is 23.7 Å². The van der Waals surface area contributed by atoms with Gasteiger partial charge in [0.1, 0.15) is 5.03 Å². The average molecular weight is 239 g/mol. The lowest BCUT2D eigenvalue weighted by molar-refractivity contribution is 1.04. The van der Waals surface area contributed by atoms with Crippen LogP contribution in [0, 0.1) is 6.92 Å². The molecule has 0 radical (unpaired) electrons. The molecule has 3 N–H and O–H groups in total. The van der Waals surface area contributed by atoms with Crippen LogP contribution in [0.4, 0.5) is 5.82 Å². The summed E-state index contributed by atoms with van der Waals surface area (Å²) in [5.41, 5.74) is 3.47. The van der Waals surface area contributed by atoms with Crippen LogP contribution in [0.3, 0.4) is 0 Å². The Morgan fingerprint density at radius 2 is 2.27 bits per heavy atom. The summed E-state index contributed by atoms with van der Waals surface area (Å²) in [6.07, 6.45) is 3.25. The Morgan fingerprint density at radius 1 is 1.40 bits per heavy atom. The molecule has 0 unspecified atom stereocenters. The molecular formula is C8H9N5S2. The molecule has 0 atom stereocenters. The largest absolute Gasteiger partial charge is 0.307 e. The van der Waals surface area contributed by atoms with Crippen LogP contribution in [-0.4, -0.2) is 15.0 Å². The van der Waals surface area contributed by atoms with Crippen molar-refractivity contribution in [1.29, 1.82) is 0 Å². The van der Waals surface area contributed by atoms with Crippen molar-refractivity contribution in [3.63, 3.8) is 0 Å². The van der Waals surface area contributed by atoms with Gasteiger partial charge in [-0.05, 0) is 18.7 Å². The van der Waals surface area contributed by atoms with Gasteiger partial charge < -0.3 is 5.43 Å². The summed E-state index contributed by atoms with van der Waals surface area (Å²) in [5.74, 6) is 5.79. The second kappa shape index (κ2) is 4.56. The fourth-order valence-corrected chi connectivity index (χ4v) is 2.68. The van der Waals surface area contributed by atoms with Gasteiger partial charge in [-0.25, -0.2) is 15.8 Å². The van der Waals surface area contributed by atoms with E-state index in [2.05, 4.69) is 20.4 Å². The lowest BCUT2D eigenvalue weighted by Crippen LogP contribution is -2.08. The second-order valence-electron chi connectivity index (χ2n) is 2.74. The van der Waals surface area contributed by atoms with Gasteiger partial charge in [0.2, 0.25) is 0 Å². The monoisotopic (exact) mass is 239 g/mol. The molecule has 2 aromatic heterocycles. The Bertz CT molecular complexity index is 456. The van der Waals surface area contributed by atoms with E-state index < -0.39 is 0 Å². The topological polar surface area (TPSA) is 76.7 Å². The third-order valence-corrected chi connectivity index (χ3v) is 3.51. The maximum atomic E-state index is 5.24. The molecule has 0 spiro atoms. The Balaban J connectivity index is 2.16. The molecular weight excluding hydrogens is 230 g/mol. The summed E-state index contributed by atoms with van der Waals surface area (Å²) in [5, 5.41) is 2.78. The SMILES string of the molecule is Cc1csc(Sc2cncc(NN)n2)n1. The van der Waals surface area contributed by atoms with E-state index in [-0.39, 0.29) is 0 Å². The first kappa shape index (κ1) is 10.3. The van der Waals surface area contributed by atoms with E-state index in [0.717, 1.165) is 15.1 Å². The second-order valence-corrected chi connectivity index (χ2v) is 4.87. The molecule has 2 heterocycles. The smallest absolute Gasteiger partial charge is 0.159 e. The van der Waals surface area contributed by atoms with Gasteiger partial charge in [-0.2, -0.15) is 0 Å². The number of aryl methyl sites for hydroxylation is 1. The van der Waals surface area contributed by atoms with Crippen molar-refractivity contribution in [3.8, 4) is 0 Å². The summed E-state index contributed by atoms with van der Waals surface area (Å²) < 4.78 is 0.955. The molecule has 2 aromatic rings. The lowest BCUT2D eigenvalue weighted by atomic mass is 10.6. The van der Waals surface area contributed by atoms with Gasteiger partial charge in [0.05, 0.1) is 12.4 Å². The number of hydrogen-bond donors (Lipinski definition) is 2. The van der Waals surface area contributed by atoms with Gasteiger partial charge in [-0.15, -0.1) is 11.3 Å². The molecule has 0 fully saturated rings. The van der Waals surface area contributed by atoms with Crippen LogP contribution in [0.2, 0.25) is 0 Å². The first-order valence-corrected chi connectivity index (χ1v) is 5.86. The maximum Gasteiger partial charge on any atom is 0.159 e. The number of nitrogens with one attached hydrogen (secondary N) is 1. The highest BCUT2D eigenvalue weighted by atomic mass is 32.2. The summed E-state index contributed by atoms with van der Waals surface area (Å²) in [6, 6.07) is 0.